The number of aromatic nitrogens is 2. The minimum absolute atomic E-state index is 0.250. The summed E-state index contributed by atoms with van der Waals surface area (Å²) >= 11 is 6.03. The number of hydrogen-bond acceptors (Lipinski definition) is 3. The molecule has 0 fully saturated rings. The van der Waals surface area contributed by atoms with Crippen molar-refractivity contribution in [2.45, 2.75) is 6.92 Å². The SMILES string of the molecule is Cc1[nH]n(-c2ccccc2)c(=O)c1N=Nc1ccccc1Cl. The third-order valence-electron chi connectivity index (χ3n) is 3.16. The Labute approximate surface area is 131 Å². The van der Waals surface area contributed by atoms with Gasteiger partial charge in [-0.15, -0.1) is 10.2 Å². The number of aryl methyl sites for hydroxylation is 1. The van der Waals surface area contributed by atoms with Crippen LogP contribution in [0.1, 0.15) is 5.69 Å². The molecule has 0 aliphatic carbocycles. The Kier molecular flexibility index (Phi) is 3.89. The van der Waals surface area contributed by atoms with Gasteiger partial charge in [-0.05, 0) is 31.2 Å². The summed E-state index contributed by atoms with van der Waals surface area (Å²) in [6.45, 7) is 1.78. The lowest BCUT2D eigenvalue weighted by Gasteiger charge is -1.99. The van der Waals surface area contributed by atoms with Crippen LogP contribution in [0, 0.1) is 6.92 Å². The van der Waals surface area contributed by atoms with Crippen LogP contribution in [0.15, 0.2) is 69.6 Å². The van der Waals surface area contributed by atoms with Crippen molar-refractivity contribution in [1.82, 2.24) is 9.78 Å². The van der Waals surface area contributed by atoms with E-state index in [9.17, 15) is 4.79 Å². The van der Waals surface area contributed by atoms with E-state index < -0.39 is 0 Å². The molecule has 0 amide bonds. The predicted octanol–water partition coefficient (Wildman–Crippen LogP) is 4.54. The van der Waals surface area contributed by atoms with Crippen LogP contribution in [0.3, 0.4) is 0 Å². The van der Waals surface area contributed by atoms with E-state index in [4.69, 9.17) is 11.6 Å². The van der Waals surface area contributed by atoms with E-state index in [0.29, 0.717) is 16.4 Å². The Morgan fingerprint density at radius 2 is 1.68 bits per heavy atom. The first-order chi connectivity index (χ1) is 10.7. The van der Waals surface area contributed by atoms with Crippen molar-refractivity contribution >= 4 is 23.0 Å². The van der Waals surface area contributed by atoms with Crippen LogP contribution in [-0.4, -0.2) is 9.78 Å². The molecule has 2 aromatic carbocycles. The molecule has 0 aliphatic rings. The number of nitrogens with one attached hydrogen (secondary N) is 1. The average molecular weight is 313 g/mol. The van der Waals surface area contributed by atoms with Gasteiger partial charge in [0.1, 0.15) is 5.69 Å². The van der Waals surface area contributed by atoms with Crippen LogP contribution < -0.4 is 5.56 Å². The largest absolute Gasteiger partial charge is 0.299 e. The van der Waals surface area contributed by atoms with Crippen molar-refractivity contribution in [2.75, 3.05) is 0 Å². The highest BCUT2D eigenvalue weighted by molar-refractivity contribution is 6.32. The Bertz CT molecular complexity index is 881. The summed E-state index contributed by atoms with van der Waals surface area (Å²) in [6.07, 6.45) is 0. The van der Waals surface area contributed by atoms with Crippen LogP contribution in [0.5, 0.6) is 0 Å². The maximum atomic E-state index is 12.4. The summed E-state index contributed by atoms with van der Waals surface area (Å²) in [4.78, 5) is 12.4. The van der Waals surface area contributed by atoms with Gasteiger partial charge >= 0.3 is 0 Å². The third kappa shape index (κ3) is 2.71. The van der Waals surface area contributed by atoms with Crippen LogP contribution in [-0.2, 0) is 0 Å². The standard InChI is InChI=1S/C16H13ClN4O/c1-11-15(19-18-14-10-6-5-9-13(14)17)16(22)21(20-11)12-7-3-2-4-8-12/h2-10,20H,1H3. The molecule has 0 saturated carbocycles. The van der Waals surface area contributed by atoms with Crippen molar-refractivity contribution in [3.63, 3.8) is 0 Å². The maximum absolute atomic E-state index is 12.4. The summed E-state index contributed by atoms with van der Waals surface area (Å²) in [5.41, 5.74) is 1.93. The summed E-state index contributed by atoms with van der Waals surface area (Å²) in [5.74, 6) is 0. The molecule has 1 N–H and O–H groups in total. The van der Waals surface area contributed by atoms with Gasteiger partial charge in [0.25, 0.3) is 5.56 Å². The zero-order valence-corrected chi connectivity index (χ0v) is 12.6. The van der Waals surface area contributed by atoms with E-state index in [1.54, 1.807) is 19.1 Å². The van der Waals surface area contributed by atoms with Gasteiger partial charge in [-0.25, -0.2) is 4.68 Å². The molecule has 0 bridgehead atoms. The predicted molar refractivity (Wildman–Crippen MR) is 86.8 cm³/mol. The Hall–Kier alpha value is -2.66. The highest BCUT2D eigenvalue weighted by atomic mass is 35.5. The van der Waals surface area contributed by atoms with E-state index in [0.717, 1.165) is 5.69 Å². The van der Waals surface area contributed by atoms with E-state index in [2.05, 4.69) is 15.3 Å². The van der Waals surface area contributed by atoms with E-state index >= 15 is 0 Å². The molecule has 110 valence electrons. The number of halogens is 1. The van der Waals surface area contributed by atoms with Gasteiger partial charge in [0.2, 0.25) is 0 Å². The molecule has 0 unspecified atom stereocenters. The van der Waals surface area contributed by atoms with Gasteiger partial charge in [0.15, 0.2) is 5.69 Å². The van der Waals surface area contributed by atoms with Gasteiger partial charge in [0.05, 0.1) is 16.4 Å². The van der Waals surface area contributed by atoms with Gasteiger partial charge in [-0.2, -0.15) is 0 Å². The lowest BCUT2D eigenvalue weighted by Crippen LogP contribution is -2.13. The van der Waals surface area contributed by atoms with Crippen LogP contribution in [0.4, 0.5) is 11.4 Å². The first-order valence-electron chi connectivity index (χ1n) is 6.70. The lowest BCUT2D eigenvalue weighted by molar-refractivity contribution is 0.835. The quantitative estimate of drug-likeness (QED) is 0.709. The Morgan fingerprint density at radius 3 is 2.41 bits per heavy atom. The number of benzene rings is 2. The summed E-state index contributed by atoms with van der Waals surface area (Å²) < 4.78 is 1.44. The lowest BCUT2D eigenvalue weighted by atomic mass is 10.3. The van der Waals surface area contributed by atoms with Crippen molar-refractivity contribution in [1.29, 1.82) is 0 Å². The van der Waals surface area contributed by atoms with Crippen LogP contribution >= 0.6 is 11.6 Å². The fourth-order valence-electron chi connectivity index (χ4n) is 2.05. The minimum Gasteiger partial charge on any atom is -0.293 e. The number of H-pyrrole nitrogens is 1. The molecular weight excluding hydrogens is 300 g/mol. The molecular formula is C16H13ClN4O. The number of azo groups is 1. The molecule has 0 atom stereocenters. The average Bonchev–Trinajstić information content (AvgIpc) is 2.82. The zero-order chi connectivity index (χ0) is 15.5. The molecule has 0 aliphatic heterocycles. The molecule has 6 heteroatoms. The van der Waals surface area contributed by atoms with E-state index in [-0.39, 0.29) is 11.2 Å². The number of rotatable bonds is 3. The van der Waals surface area contributed by atoms with Gasteiger partial charge < -0.3 is 0 Å². The Morgan fingerprint density at radius 1 is 1.00 bits per heavy atom. The monoisotopic (exact) mass is 312 g/mol. The number of aromatic amines is 1. The third-order valence-corrected chi connectivity index (χ3v) is 3.48. The molecule has 3 rings (SSSR count). The first kappa shape index (κ1) is 14.3. The molecule has 3 aromatic rings. The fourth-order valence-corrected chi connectivity index (χ4v) is 2.22. The molecule has 1 aromatic heterocycles. The fraction of sp³-hybridized carbons (Fsp3) is 0.0625. The highest BCUT2D eigenvalue weighted by Crippen LogP contribution is 2.26. The van der Waals surface area contributed by atoms with E-state index in [1.807, 2.05) is 42.5 Å². The molecule has 5 nitrogen and oxygen atoms in total. The molecule has 0 spiro atoms. The minimum atomic E-state index is -0.250. The van der Waals surface area contributed by atoms with Gasteiger partial charge in [-0.3, -0.25) is 9.89 Å². The topological polar surface area (TPSA) is 62.5 Å². The number of nitrogens with zero attached hydrogens (tertiary/aromatic N) is 3. The smallest absolute Gasteiger partial charge is 0.293 e. The second-order valence-corrected chi connectivity index (χ2v) is 5.12. The van der Waals surface area contributed by atoms with Crippen molar-refractivity contribution < 1.29 is 0 Å². The molecule has 22 heavy (non-hydrogen) atoms. The number of hydrogen-bond donors (Lipinski definition) is 1. The van der Waals surface area contributed by atoms with Crippen LogP contribution in [0.25, 0.3) is 5.69 Å². The maximum Gasteiger partial charge on any atom is 0.299 e. The van der Waals surface area contributed by atoms with Gasteiger partial charge in [-0.1, -0.05) is 41.9 Å². The highest BCUT2D eigenvalue weighted by Gasteiger charge is 2.11. The zero-order valence-electron chi connectivity index (χ0n) is 11.8. The van der Waals surface area contributed by atoms with E-state index in [1.165, 1.54) is 4.68 Å². The normalized spacial score (nSPS) is 11.2. The van der Waals surface area contributed by atoms with Gasteiger partial charge in [0, 0.05) is 0 Å². The number of para-hydroxylation sites is 1. The molecule has 1 heterocycles. The molecule has 0 saturated heterocycles. The summed E-state index contributed by atoms with van der Waals surface area (Å²) in [7, 11) is 0. The second kappa shape index (κ2) is 5.99. The second-order valence-electron chi connectivity index (χ2n) is 4.71. The van der Waals surface area contributed by atoms with Crippen molar-refractivity contribution in [3.8, 4) is 5.69 Å². The van der Waals surface area contributed by atoms with Crippen LogP contribution in [0.2, 0.25) is 5.02 Å². The summed E-state index contributed by atoms with van der Waals surface area (Å²) in [6, 6.07) is 16.4. The summed E-state index contributed by atoms with van der Waals surface area (Å²) in [5, 5.41) is 11.6. The van der Waals surface area contributed by atoms with Crippen molar-refractivity contribution in [3.05, 3.63) is 75.7 Å². The first-order valence-corrected chi connectivity index (χ1v) is 7.08. The molecule has 0 radical (unpaired) electrons. The Balaban J connectivity index is 2.01. The van der Waals surface area contributed by atoms with Crippen molar-refractivity contribution in [2.24, 2.45) is 10.2 Å².